The summed E-state index contributed by atoms with van der Waals surface area (Å²) in [5.41, 5.74) is 1.35. The van der Waals surface area contributed by atoms with Crippen molar-refractivity contribution in [3.05, 3.63) is 36.3 Å². The van der Waals surface area contributed by atoms with E-state index in [1.807, 2.05) is 12.1 Å². The Bertz CT molecular complexity index is 804. The van der Waals surface area contributed by atoms with Gasteiger partial charge in [-0.1, -0.05) is 6.07 Å². The van der Waals surface area contributed by atoms with Crippen molar-refractivity contribution in [1.82, 2.24) is 9.38 Å². The van der Waals surface area contributed by atoms with Crippen molar-refractivity contribution in [2.75, 3.05) is 0 Å². The zero-order valence-corrected chi connectivity index (χ0v) is 12.3. The van der Waals surface area contributed by atoms with Crippen LogP contribution >= 0.6 is 0 Å². The molecule has 4 rings (SSSR count). The molecule has 0 aliphatic carbocycles. The van der Waals surface area contributed by atoms with Gasteiger partial charge >= 0.3 is 0 Å². The lowest BCUT2D eigenvalue weighted by Gasteiger charge is -2.27. The second-order valence-electron chi connectivity index (χ2n) is 6.01. The fourth-order valence-corrected chi connectivity index (χ4v) is 6.25. The second-order valence-corrected chi connectivity index (χ2v) is 8.52. The molecule has 2 aromatic rings. The van der Waals surface area contributed by atoms with Gasteiger partial charge in [0.15, 0.2) is 15.6 Å². The van der Waals surface area contributed by atoms with E-state index in [1.54, 1.807) is 22.9 Å². The number of aromatic nitrogens is 2. The summed E-state index contributed by atoms with van der Waals surface area (Å²) in [5.74, 6) is -0.135. The smallest absolute Gasteiger partial charge is 0.182 e. The van der Waals surface area contributed by atoms with Crippen LogP contribution < -0.4 is 0 Å². The molecule has 6 heteroatoms. The number of sulfone groups is 1. The number of pyridine rings is 1. The SMILES string of the molecule is O=C(c1cccc2nccn12)C1CC2CCC(C1)S2(=O)=O. The second kappa shape index (κ2) is 4.40. The van der Waals surface area contributed by atoms with Crippen molar-refractivity contribution in [3.8, 4) is 0 Å². The van der Waals surface area contributed by atoms with Crippen molar-refractivity contribution in [1.29, 1.82) is 0 Å². The highest BCUT2D eigenvalue weighted by molar-refractivity contribution is 7.93. The Kier molecular flexibility index (Phi) is 2.73. The molecule has 2 aliphatic rings. The van der Waals surface area contributed by atoms with Crippen molar-refractivity contribution in [2.24, 2.45) is 5.92 Å². The Morgan fingerprint density at radius 1 is 1.19 bits per heavy atom. The van der Waals surface area contributed by atoms with Crippen LogP contribution in [0, 0.1) is 5.92 Å². The summed E-state index contributed by atoms with van der Waals surface area (Å²) in [5, 5.41) is -0.626. The average molecular weight is 304 g/mol. The molecule has 0 aromatic carbocycles. The number of hydrogen-bond donors (Lipinski definition) is 0. The summed E-state index contributed by atoms with van der Waals surface area (Å²) < 4.78 is 26.0. The van der Waals surface area contributed by atoms with Gasteiger partial charge in [-0.3, -0.25) is 9.20 Å². The molecule has 2 fully saturated rings. The Labute approximate surface area is 122 Å². The van der Waals surface area contributed by atoms with E-state index in [1.165, 1.54) is 0 Å². The third kappa shape index (κ3) is 1.85. The molecule has 0 saturated carbocycles. The number of Topliss-reactive ketones (excluding diaryl/α,β-unsaturated/α-hetero) is 1. The van der Waals surface area contributed by atoms with E-state index in [4.69, 9.17) is 0 Å². The lowest BCUT2D eigenvalue weighted by Crippen LogP contribution is -2.36. The molecule has 0 radical (unpaired) electrons. The Balaban J connectivity index is 1.69. The third-order valence-electron chi connectivity index (χ3n) is 4.89. The fraction of sp³-hybridized carbons (Fsp3) is 0.467. The van der Waals surface area contributed by atoms with E-state index >= 15 is 0 Å². The molecular weight excluding hydrogens is 288 g/mol. The van der Waals surface area contributed by atoms with Crippen molar-refractivity contribution >= 4 is 21.3 Å². The minimum Gasteiger partial charge on any atom is -0.297 e. The summed E-state index contributed by atoms with van der Waals surface area (Å²) in [6.07, 6.45) is 5.82. The quantitative estimate of drug-likeness (QED) is 0.794. The van der Waals surface area contributed by atoms with Gasteiger partial charge in [0.2, 0.25) is 0 Å². The monoisotopic (exact) mass is 304 g/mol. The Hall–Kier alpha value is -1.69. The first kappa shape index (κ1) is 13.0. The van der Waals surface area contributed by atoms with E-state index < -0.39 is 9.84 Å². The molecule has 0 amide bonds. The summed E-state index contributed by atoms with van der Waals surface area (Å²) in [6.45, 7) is 0. The molecule has 2 aliphatic heterocycles. The highest BCUT2D eigenvalue weighted by Crippen LogP contribution is 2.42. The highest BCUT2D eigenvalue weighted by atomic mass is 32.2. The Morgan fingerprint density at radius 3 is 2.62 bits per heavy atom. The fourth-order valence-electron chi connectivity index (χ4n) is 3.78. The van der Waals surface area contributed by atoms with Gasteiger partial charge in [-0.2, -0.15) is 0 Å². The van der Waals surface area contributed by atoms with E-state index in [0.29, 0.717) is 31.4 Å². The maximum atomic E-state index is 12.8. The van der Waals surface area contributed by atoms with Crippen LogP contribution in [-0.4, -0.2) is 34.1 Å². The minimum absolute atomic E-state index is 0.0467. The summed E-state index contributed by atoms with van der Waals surface area (Å²) in [6, 6.07) is 5.47. The normalized spacial score (nSPS) is 30.6. The molecule has 5 nitrogen and oxygen atoms in total. The summed E-state index contributed by atoms with van der Waals surface area (Å²) in [4.78, 5) is 17.0. The van der Waals surface area contributed by atoms with Crippen LogP contribution in [-0.2, 0) is 9.84 Å². The first-order valence-corrected chi connectivity index (χ1v) is 8.87. The van der Waals surface area contributed by atoms with E-state index in [9.17, 15) is 13.2 Å². The van der Waals surface area contributed by atoms with Crippen LogP contribution in [0.25, 0.3) is 5.65 Å². The molecule has 0 spiro atoms. The van der Waals surface area contributed by atoms with Gasteiger partial charge in [-0.05, 0) is 37.8 Å². The number of ketones is 1. The van der Waals surface area contributed by atoms with Gasteiger partial charge in [0.05, 0.1) is 16.2 Å². The number of hydrogen-bond acceptors (Lipinski definition) is 4. The number of carbonyl (C=O) groups is 1. The maximum absolute atomic E-state index is 12.8. The number of imidazole rings is 1. The van der Waals surface area contributed by atoms with E-state index in [0.717, 1.165) is 5.65 Å². The molecule has 2 aromatic heterocycles. The molecule has 2 unspecified atom stereocenters. The predicted octanol–water partition coefficient (Wildman–Crippen LogP) is 1.87. The first-order chi connectivity index (χ1) is 10.1. The predicted molar refractivity (Wildman–Crippen MR) is 78.0 cm³/mol. The molecule has 4 heterocycles. The van der Waals surface area contributed by atoms with Gasteiger partial charge in [-0.15, -0.1) is 0 Å². The average Bonchev–Trinajstić information content (AvgIpc) is 2.95. The summed E-state index contributed by atoms with van der Waals surface area (Å²) >= 11 is 0. The molecule has 2 saturated heterocycles. The standard InChI is InChI=1S/C15H16N2O3S/c18-15(13-2-1-3-14-16-6-7-17(13)14)10-8-11-4-5-12(9-10)21(11,19)20/h1-3,6-7,10-12H,4-5,8-9H2. The lowest BCUT2D eigenvalue weighted by atomic mass is 9.92. The van der Waals surface area contributed by atoms with Gasteiger partial charge in [0, 0.05) is 18.3 Å². The van der Waals surface area contributed by atoms with Crippen LogP contribution in [0.4, 0.5) is 0 Å². The van der Waals surface area contributed by atoms with Crippen molar-refractivity contribution < 1.29 is 13.2 Å². The zero-order chi connectivity index (χ0) is 14.6. The molecule has 21 heavy (non-hydrogen) atoms. The molecular formula is C15H16N2O3S. The number of nitrogens with zero attached hydrogens (tertiary/aromatic N) is 2. The van der Waals surface area contributed by atoms with Crippen LogP contribution in [0.15, 0.2) is 30.6 Å². The van der Waals surface area contributed by atoms with Crippen LogP contribution in [0.2, 0.25) is 0 Å². The first-order valence-electron chi connectivity index (χ1n) is 7.26. The van der Waals surface area contributed by atoms with E-state index in [2.05, 4.69) is 4.98 Å². The molecule has 2 atom stereocenters. The van der Waals surface area contributed by atoms with Gasteiger partial charge < -0.3 is 0 Å². The molecule has 110 valence electrons. The van der Waals surface area contributed by atoms with Crippen LogP contribution in [0.1, 0.15) is 36.2 Å². The Morgan fingerprint density at radius 2 is 1.90 bits per heavy atom. The van der Waals surface area contributed by atoms with E-state index in [-0.39, 0.29) is 22.2 Å². The topological polar surface area (TPSA) is 68.5 Å². The van der Waals surface area contributed by atoms with Gasteiger partial charge in [0.1, 0.15) is 5.65 Å². The number of fused-ring (bicyclic) bond motifs is 3. The largest absolute Gasteiger partial charge is 0.297 e. The lowest BCUT2D eigenvalue weighted by molar-refractivity contribution is 0.0899. The number of carbonyl (C=O) groups excluding carboxylic acids is 1. The van der Waals surface area contributed by atoms with Crippen LogP contribution in [0.3, 0.4) is 0 Å². The third-order valence-corrected chi connectivity index (χ3v) is 7.60. The van der Waals surface area contributed by atoms with Gasteiger partial charge in [-0.25, -0.2) is 13.4 Å². The molecule has 0 N–H and O–H groups in total. The van der Waals surface area contributed by atoms with Crippen LogP contribution in [0.5, 0.6) is 0 Å². The maximum Gasteiger partial charge on any atom is 0.182 e. The molecule has 2 bridgehead atoms. The van der Waals surface area contributed by atoms with Crippen molar-refractivity contribution in [2.45, 2.75) is 36.2 Å². The van der Waals surface area contributed by atoms with Gasteiger partial charge in [0.25, 0.3) is 0 Å². The van der Waals surface area contributed by atoms with Crippen molar-refractivity contribution in [3.63, 3.8) is 0 Å². The highest BCUT2D eigenvalue weighted by Gasteiger charge is 2.48. The zero-order valence-electron chi connectivity index (χ0n) is 11.5. The minimum atomic E-state index is -2.98. The number of rotatable bonds is 2. The summed E-state index contributed by atoms with van der Waals surface area (Å²) in [7, 11) is -2.98.